The van der Waals surface area contributed by atoms with E-state index < -0.39 is 0 Å². The van der Waals surface area contributed by atoms with Gasteiger partial charge in [-0.15, -0.1) is 0 Å². The number of hydrogen-bond donors (Lipinski definition) is 2. The third-order valence-corrected chi connectivity index (χ3v) is 3.11. The van der Waals surface area contributed by atoms with Gasteiger partial charge in [-0.05, 0) is 37.0 Å². The molecule has 1 aliphatic rings. The summed E-state index contributed by atoms with van der Waals surface area (Å²) in [5.41, 5.74) is 7.07. The molecule has 1 atom stereocenters. The Kier molecular flexibility index (Phi) is 2.76. The minimum Gasteiger partial charge on any atom is -0.508 e. The molecule has 0 unspecified atom stereocenters. The molecule has 0 spiro atoms. The molecule has 1 saturated carbocycles. The second-order valence-electron chi connectivity index (χ2n) is 4.74. The van der Waals surface area contributed by atoms with Crippen molar-refractivity contribution < 1.29 is 9.63 Å². The molecule has 0 amide bonds. The zero-order valence-corrected chi connectivity index (χ0v) is 9.91. The van der Waals surface area contributed by atoms with E-state index in [0.717, 1.165) is 24.2 Å². The van der Waals surface area contributed by atoms with Gasteiger partial charge in [-0.1, -0.05) is 17.3 Å². The molecule has 1 aliphatic carbocycles. The molecule has 0 radical (unpaired) electrons. The maximum atomic E-state index is 9.21. The Hall–Kier alpha value is -1.88. The predicted octanol–water partition coefficient (Wildman–Crippen LogP) is 1.90. The van der Waals surface area contributed by atoms with Crippen LogP contribution in [0, 0.1) is 0 Å². The third kappa shape index (κ3) is 2.36. The van der Waals surface area contributed by atoms with E-state index in [2.05, 4.69) is 10.1 Å². The van der Waals surface area contributed by atoms with Crippen LogP contribution in [0.3, 0.4) is 0 Å². The van der Waals surface area contributed by atoms with Crippen LogP contribution in [0.15, 0.2) is 28.8 Å². The van der Waals surface area contributed by atoms with Gasteiger partial charge in [0.2, 0.25) is 5.89 Å². The van der Waals surface area contributed by atoms with Crippen molar-refractivity contribution in [3.63, 3.8) is 0 Å². The molecule has 0 aliphatic heterocycles. The molecule has 1 aromatic carbocycles. The number of nitrogens with two attached hydrogens (primary N) is 1. The van der Waals surface area contributed by atoms with Gasteiger partial charge in [-0.2, -0.15) is 4.98 Å². The highest BCUT2D eigenvalue weighted by molar-refractivity contribution is 5.26. The van der Waals surface area contributed by atoms with E-state index in [-0.39, 0.29) is 11.8 Å². The van der Waals surface area contributed by atoms with Crippen LogP contribution in [0.5, 0.6) is 5.75 Å². The lowest BCUT2D eigenvalue weighted by atomic mass is 10.1. The van der Waals surface area contributed by atoms with Gasteiger partial charge < -0.3 is 15.4 Å². The zero-order valence-electron chi connectivity index (χ0n) is 9.91. The SMILES string of the molecule is N[C@H](Cc1ccc(O)cc1)c1nc(C2CC2)no1. The van der Waals surface area contributed by atoms with Gasteiger partial charge in [0, 0.05) is 5.92 Å². The van der Waals surface area contributed by atoms with Crippen LogP contribution in [-0.4, -0.2) is 15.2 Å². The molecule has 1 aromatic heterocycles. The number of phenolic OH excluding ortho intramolecular Hbond substituents is 1. The van der Waals surface area contributed by atoms with Crippen molar-refractivity contribution in [2.24, 2.45) is 5.73 Å². The first kappa shape index (κ1) is 11.2. The highest BCUT2D eigenvalue weighted by Gasteiger charge is 2.29. The summed E-state index contributed by atoms with van der Waals surface area (Å²) < 4.78 is 5.19. The van der Waals surface area contributed by atoms with Gasteiger partial charge in [0.1, 0.15) is 5.75 Å². The molecule has 2 aromatic rings. The minimum atomic E-state index is -0.297. The van der Waals surface area contributed by atoms with E-state index in [1.807, 2.05) is 12.1 Å². The van der Waals surface area contributed by atoms with Crippen LogP contribution in [0.25, 0.3) is 0 Å². The topological polar surface area (TPSA) is 85.2 Å². The van der Waals surface area contributed by atoms with Gasteiger partial charge in [0.15, 0.2) is 5.82 Å². The number of phenols is 1. The first-order valence-electron chi connectivity index (χ1n) is 6.09. The van der Waals surface area contributed by atoms with Gasteiger partial charge in [0.05, 0.1) is 6.04 Å². The third-order valence-electron chi connectivity index (χ3n) is 3.11. The van der Waals surface area contributed by atoms with E-state index in [1.54, 1.807) is 12.1 Å². The van der Waals surface area contributed by atoms with Gasteiger partial charge in [0.25, 0.3) is 0 Å². The molecule has 5 heteroatoms. The van der Waals surface area contributed by atoms with E-state index in [0.29, 0.717) is 18.2 Å². The lowest BCUT2D eigenvalue weighted by Crippen LogP contribution is -2.13. The Balaban J connectivity index is 1.69. The summed E-state index contributed by atoms with van der Waals surface area (Å²) in [6.07, 6.45) is 2.91. The molecular weight excluding hydrogens is 230 g/mol. The predicted molar refractivity (Wildman–Crippen MR) is 65.0 cm³/mol. The van der Waals surface area contributed by atoms with Gasteiger partial charge in [-0.3, -0.25) is 0 Å². The number of nitrogens with zero attached hydrogens (tertiary/aromatic N) is 2. The van der Waals surface area contributed by atoms with Crippen molar-refractivity contribution in [1.82, 2.24) is 10.1 Å². The molecule has 1 fully saturated rings. The van der Waals surface area contributed by atoms with Gasteiger partial charge in [-0.25, -0.2) is 0 Å². The average molecular weight is 245 g/mol. The van der Waals surface area contributed by atoms with E-state index >= 15 is 0 Å². The highest BCUT2D eigenvalue weighted by Crippen LogP contribution is 2.38. The summed E-state index contributed by atoms with van der Waals surface area (Å²) in [6, 6.07) is 6.67. The number of rotatable bonds is 4. The van der Waals surface area contributed by atoms with Gasteiger partial charge >= 0.3 is 0 Å². The van der Waals surface area contributed by atoms with Crippen LogP contribution < -0.4 is 5.73 Å². The van der Waals surface area contributed by atoms with Crippen molar-refractivity contribution in [3.8, 4) is 5.75 Å². The first-order valence-corrected chi connectivity index (χ1v) is 6.09. The average Bonchev–Trinajstić information content (AvgIpc) is 3.10. The smallest absolute Gasteiger partial charge is 0.243 e. The molecule has 0 bridgehead atoms. The highest BCUT2D eigenvalue weighted by atomic mass is 16.5. The summed E-state index contributed by atoms with van der Waals surface area (Å²) in [7, 11) is 0. The van der Waals surface area contributed by atoms with E-state index in [4.69, 9.17) is 10.3 Å². The second-order valence-corrected chi connectivity index (χ2v) is 4.74. The Morgan fingerprint density at radius 1 is 1.33 bits per heavy atom. The van der Waals surface area contributed by atoms with Crippen molar-refractivity contribution in [3.05, 3.63) is 41.5 Å². The molecule has 3 N–H and O–H groups in total. The first-order chi connectivity index (χ1) is 8.72. The van der Waals surface area contributed by atoms with Crippen LogP contribution in [0.1, 0.15) is 42.1 Å². The van der Waals surface area contributed by atoms with E-state index in [9.17, 15) is 5.11 Å². The Morgan fingerprint density at radius 2 is 2.06 bits per heavy atom. The number of aromatic hydroxyl groups is 1. The maximum Gasteiger partial charge on any atom is 0.243 e. The molecule has 94 valence electrons. The number of hydrogen-bond acceptors (Lipinski definition) is 5. The molecule has 3 rings (SSSR count). The fourth-order valence-corrected chi connectivity index (χ4v) is 1.88. The largest absolute Gasteiger partial charge is 0.508 e. The summed E-state index contributed by atoms with van der Waals surface area (Å²) in [6.45, 7) is 0. The van der Waals surface area contributed by atoms with Crippen molar-refractivity contribution in [1.29, 1.82) is 0 Å². The number of aromatic nitrogens is 2. The van der Waals surface area contributed by atoms with Crippen molar-refractivity contribution in [2.45, 2.75) is 31.2 Å². The van der Waals surface area contributed by atoms with Crippen LogP contribution in [0.2, 0.25) is 0 Å². The molecule has 1 heterocycles. The fourth-order valence-electron chi connectivity index (χ4n) is 1.88. The normalized spacial score (nSPS) is 16.7. The monoisotopic (exact) mass is 245 g/mol. The standard InChI is InChI=1S/C13H15N3O2/c14-11(7-8-1-5-10(17)6-2-8)13-15-12(16-18-13)9-3-4-9/h1-2,5-6,9,11,17H,3-4,7,14H2/t11-/m1/s1. The molecule has 5 nitrogen and oxygen atoms in total. The Morgan fingerprint density at radius 3 is 2.72 bits per heavy atom. The molecule has 18 heavy (non-hydrogen) atoms. The Bertz CT molecular complexity index is 531. The fraction of sp³-hybridized carbons (Fsp3) is 0.385. The summed E-state index contributed by atoms with van der Waals surface area (Å²) >= 11 is 0. The van der Waals surface area contributed by atoms with Crippen LogP contribution in [-0.2, 0) is 6.42 Å². The summed E-state index contributed by atoms with van der Waals surface area (Å²) in [5, 5.41) is 13.2. The van der Waals surface area contributed by atoms with Crippen LogP contribution >= 0.6 is 0 Å². The quantitative estimate of drug-likeness (QED) is 0.859. The van der Waals surface area contributed by atoms with Crippen molar-refractivity contribution >= 4 is 0 Å². The minimum absolute atomic E-state index is 0.251. The van der Waals surface area contributed by atoms with Crippen molar-refractivity contribution in [2.75, 3.05) is 0 Å². The van der Waals surface area contributed by atoms with E-state index in [1.165, 1.54) is 0 Å². The zero-order chi connectivity index (χ0) is 12.5. The maximum absolute atomic E-state index is 9.21. The summed E-state index contributed by atoms with van der Waals surface area (Å²) in [5.74, 6) is 2.00. The Labute approximate surface area is 105 Å². The van der Waals surface area contributed by atoms with Crippen LogP contribution in [0.4, 0.5) is 0 Å². The second kappa shape index (κ2) is 4.42. The summed E-state index contributed by atoms with van der Waals surface area (Å²) in [4.78, 5) is 4.33. The number of benzene rings is 1. The lowest BCUT2D eigenvalue weighted by Gasteiger charge is -2.06. The lowest BCUT2D eigenvalue weighted by molar-refractivity contribution is 0.350. The molecular formula is C13H15N3O2. The molecule has 0 saturated heterocycles.